The number of nitrogens with zero attached hydrogens (tertiary/aromatic N) is 2. The molecule has 0 atom stereocenters. The first kappa shape index (κ1) is 21.8. The third-order valence-electron chi connectivity index (χ3n) is 4.93. The average Bonchev–Trinajstić information content (AvgIpc) is 2.87. The maximum Gasteiger partial charge on any atom is 0.339 e. The topological polar surface area (TPSA) is 99.6 Å². The number of para-hydroxylation sites is 1. The molecule has 2 aromatic heterocycles. The van der Waals surface area contributed by atoms with Crippen LogP contribution in [-0.4, -0.2) is 42.7 Å². The van der Waals surface area contributed by atoms with E-state index in [2.05, 4.69) is 15.3 Å². The molecule has 0 radical (unpaired) electrons. The summed E-state index contributed by atoms with van der Waals surface area (Å²) < 4.78 is 15.7. The Bertz CT molecular complexity index is 1310. The summed E-state index contributed by atoms with van der Waals surface area (Å²) in [5, 5.41) is 3.31. The number of carbonyl (C=O) groups excluding carboxylic acids is 2. The Morgan fingerprint density at radius 2 is 1.73 bits per heavy atom. The van der Waals surface area contributed by atoms with Gasteiger partial charge in [-0.1, -0.05) is 18.2 Å². The molecule has 0 saturated carbocycles. The first-order valence-corrected chi connectivity index (χ1v) is 10.1. The average molecular weight is 443 g/mol. The summed E-state index contributed by atoms with van der Waals surface area (Å²) in [6, 6.07) is 17.5. The first-order valence-electron chi connectivity index (χ1n) is 10.1. The summed E-state index contributed by atoms with van der Waals surface area (Å²) in [4.78, 5) is 34.0. The largest absolute Gasteiger partial charge is 0.497 e. The lowest BCUT2D eigenvalue weighted by atomic mass is 10.0. The summed E-state index contributed by atoms with van der Waals surface area (Å²) in [5.74, 6) is -0.109. The van der Waals surface area contributed by atoms with Gasteiger partial charge in [0, 0.05) is 29.4 Å². The lowest BCUT2D eigenvalue weighted by Gasteiger charge is -2.12. The molecule has 8 nitrogen and oxygen atoms in total. The van der Waals surface area contributed by atoms with Gasteiger partial charge in [0.05, 0.1) is 36.7 Å². The van der Waals surface area contributed by atoms with Gasteiger partial charge in [0.2, 0.25) is 0 Å². The number of rotatable bonds is 7. The minimum atomic E-state index is -0.624. The van der Waals surface area contributed by atoms with Crippen molar-refractivity contribution in [1.82, 2.24) is 9.97 Å². The van der Waals surface area contributed by atoms with Gasteiger partial charge in [0.15, 0.2) is 6.61 Å². The third-order valence-corrected chi connectivity index (χ3v) is 4.93. The fraction of sp³-hybridized carbons (Fsp3) is 0.120. The molecule has 1 amide bonds. The number of esters is 1. The highest BCUT2D eigenvalue weighted by molar-refractivity contribution is 6.05. The standard InChI is InChI=1S/C25H21N3O5/c1-31-17-7-8-21(23(13-17)32-2)28-24(29)15-33-25(30)19-14-22(16-9-11-26-12-10-16)27-20-6-4-3-5-18(19)20/h3-14H,15H2,1-2H3,(H,28,29). The zero-order valence-corrected chi connectivity index (χ0v) is 18.1. The molecule has 1 N–H and O–H groups in total. The number of nitrogens with one attached hydrogen (secondary N) is 1. The van der Waals surface area contributed by atoms with Gasteiger partial charge in [-0.25, -0.2) is 9.78 Å². The number of hydrogen-bond acceptors (Lipinski definition) is 7. The Hall–Kier alpha value is -4.46. The summed E-state index contributed by atoms with van der Waals surface area (Å²) in [5.41, 5.74) is 2.83. The van der Waals surface area contributed by atoms with Crippen LogP contribution >= 0.6 is 0 Å². The molecule has 0 aliphatic rings. The maximum absolute atomic E-state index is 12.9. The molecule has 33 heavy (non-hydrogen) atoms. The molecule has 0 saturated heterocycles. The Kier molecular flexibility index (Phi) is 6.45. The molecule has 166 valence electrons. The predicted molar refractivity (Wildman–Crippen MR) is 123 cm³/mol. The van der Waals surface area contributed by atoms with Crippen LogP contribution in [0, 0.1) is 0 Å². The number of benzene rings is 2. The van der Waals surface area contributed by atoms with Crippen molar-refractivity contribution in [1.29, 1.82) is 0 Å². The van der Waals surface area contributed by atoms with Crippen molar-refractivity contribution in [2.24, 2.45) is 0 Å². The molecule has 0 bridgehead atoms. The van der Waals surface area contributed by atoms with E-state index in [0.29, 0.717) is 39.3 Å². The van der Waals surface area contributed by atoms with E-state index in [4.69, 9.17) is 14.2 Å². The van der Waals surface area contributed by atoms with E-state index in [0.717, 1.165) is 5.56 Å². The SMILES string of the molecule is COc1ccc(NC(=O)COC(=O)c2cc(-c3ccncc3)nc3ccccc23)c(OC)c1. The Morgan fingerprint density at radius 1 is 0.939 bits per heavy atom. The quantitative estimate of drug-likeness (QED) is 0.429. The van der Waals surface area contributed by atoms with Gasteiger partial charge in [-0.05, 0) is 36.4 Å². The maximum atomic E-state index is 12.9. The highest BCUT2D eigenvalue weighted by Gasteiger charge is 2.17. The number of pyridine rings is 2. The van der Waals surface area contributed by atoms with Crippen molar-refractivity contribution in [2.75, 3.05) is 26.1 Å². The van der Waals surface area contributed by atoms with Crippen LogP contribution in [0.1, 0.15) is 10.4 Å². The second-order valence-electron chi connectivity index (χ2n) is 7.00. The van der Waals surface area contributed by atoms with Crippen LogP contribution in [0.5, 0.6) is 11.5 Å². The lowest BCUT2D eigenvalue weighted by molar-refractivity contribution is -0.119. The predicted octanol–water partition coefficient (Wildman–Crippen LogP) is 4.11. The van der Waals surface area contributed by atoms with Gasteiger partial charge < -0.3 is 19.5 Å². The van der Waals surface area contributed by atoms with Gasteiger partial charge in [0.25, 0.3) is 5.91 Å². The number of methoxy groups -OCH3 is 2. The molecule has 0 spiro atoms. The van der Waals surface area contributed by atoms with E-state index in [9.17, 15) is 9.59 Å². The number of anilines is 1. The van der Waals surface area contributed by atoms with E-state index in [-0.39, 0.29) is 0 Å². The number of aromatic nitrogens is 2. The highest BCUT2D eigenvalue weighted by Crippen LogP contribution is 2.29. The molecule has 8 heteroatoms. The molecular formula is C25H21N3O5. The molecule has 0 unspecified atom stereocenters. The van der Waals surface area contributed by atoms with Crippen LogP contribution in [0.4, 0.5) is 5.69 Å². The molecule has 2 heterocycles. The van der Waals surface area contributed by atoms with Crippen LogP contribution in [0.25, 0.3) is 22.2 Å². The minimum absolute atomic E-state index is 0.322. The van der Waals surface area contributed by atoms with E-state index >= 15 is 0 Å². The Morgan fingerprint density at radius 3 is 2.48 bits per heavy atom. The summed E-state index contributed by atoms with van der Waals surface area (Å²) in [6.07, 6.45) is 3.31. The first-order chi connectivity index (χ1) is 16.1. The van der Waals surface area contributed by atoms with Gasteiger partial charge in [-0.2, -0.15) is 0 Å². The molecular weight excluding hydrogens is 422 g/mol. The van der Waals surface area contributed by atoms with Gasteiger partial charge in [0.1, 0.15) is 11.5 Å². The van der Waals surface area contributed by atoms with Gasteiger partial charge >= 0.3 is 5.97 Å². The number of hydrogen-bond donors (Lipinski definition) is 1. The second kappa shape index (κ2) is 9.78. The lowest BCUT2D eigenvalue weighted by Crippen LogP contribution is -2.21. The zero-order valence-electron chi connectivity index (χ0n) is 18.1. The van der Waals surface area contributed by atoms with Crippen molar-refractivity contribution in [3.05, 3.63) is 78.6 Å². The van der Waals surface area contributed by atoms with Crippen molar-refractivity contribution < 1.29 is 23.8 Å². The third kappa shape index (κ3) is 4.90. The van der Waals surface area contributed by atoms with Crippen molar-refractivity contribution >= 4 is 28.5 Å². The summed E-state index contributed by atoms with van der Waals surface area (Å²) >= 11 is 0. The van der Waals surface area contributed by atoms with Crippen LogP contribution in [0.2, 0.25) is 0 Å². The van der Waals surface area contributed by atoms with Crippen LogP contribution < -0.4 is 14.8 Å². The van der Waals surface area contributed by atoms with E-state index in [1.807, 2.05) is 30.3 Å². The Labute approximate surface area is 190 Å². The van der Waals surface area contributed by atoms with E-state index in [1.54, 1.807) is 42.7 Å². The van der Waals surface area contributed by atoms with Gasteiger partial charge in [-0.15, -0.1) is 0 Å². The fourth-order valence-electron chi connectivity index (χ4n) is 3.31. The van der Waals surface area contributed by atoms with E-state index in [1.165, 1.54) is 14.2 Å². The summed E-state index contributed by atoms with van der Waals surface area (Å²) in [7, 11) is 3.02. The highest BCUT2D eigenvalue weighted by atomic mass is 16.5. The number of carbonyl (C=O) groups is 2. The van der Waals surface area contributed by atoms with Crippen molar-refractivity contribution in [3.8, 4) is 22.8 Å². The van der Waals surface area contributed by atoms with Crippen molar-refractivity contribution in [2.45, 2.75) is 0 Å². The van der Waals surface area contributed by atoms with E-state index < -0.39 is 18.5 Å². The van der Waals surface area contributed by atoms with Crippen molar-refractivity contribution in [3.63, 3.8) is 0 Å². The monoisotopic (exact) mass is 443 g/mol. The molecule has 0 fully saturated rings. The molecule has 0 aliphatic heterocycles. The van der Waals surface area contributed by atoms with Crippen LogP contribution in [-0.2, 0) is 9.53 Å². The Balaban J connectivity index is 1.53. The zero-order chi connectivity index (χ0) is 23.2. The normalized spacial score (nSPS) is 10.5. The number of ether oxygens (including phenoxy) is 3. The molecule has 4 rings (SSSR count). The molecule has 2 aromatic carbocycles. The number of amides is 1. The fourth-order valence-corrected chi connectivity index (χ4v) is 3.31. The molecule has 0 aliphatic carbocycles. The smallest absolute Gasteiger partial charge is 0.339 e. The molecule has 4 aromatic rings. The minimum Gasteiger partial charge on any atom is -0.497 e. The van der Waals surface area contributed by atoms with Crippen LogP contribution in [0.15, 0.2) is 73.1 Å². The summed E-state index contributed by atoms with van der Waals surface area (Å²) in [6.45, 7) is -0.463. The van der Waals surface area contributed by atoms with Crippen LogP contribution in [0.3, 0.4) is 0 Å². The van der Waals surface area contributed by atoms with Gasteiger partial charge in [-0.3, -0.25) is 9.78 Å². The number of fused-ring (bicyclic) bond motifs is 1. The second-order valence-corrected chi connectivity index (χ2v) is 7.00.